The van der Waals surface area contributed by atoms with Crippen LogP contribution in [0.4, 0.5) is 18.9 Å². The Labute approximate surface area is 103 Å². The molecule has 3 nitrogen and oxygen atoms in total. The number of anilines is 1. The largest absolute Gasteiger partial charge is 0.417 e. The van der Waals surface area contributed by atoms with Crippen LogP contribution in [0.5, 0.6) is 0 Å². The molecule has 1 atom stereocenters. The Morgan fingerprint density at radius 3 is 2.61 bits per heavy atom. The molecule has 0 aliphatic rings. The molecule has 0 radical (unpaired) electrons. The van der Waals surface area contributed by atoms with Gasteiger partial charge in [-0.1, -0.05) is 0 Å². The van der Waals surface area contributed by atoms with Crippen molar-refractivity contribution < 1.29 is 17.9 Å². The van der Waals surface area contributed by atoms with Crippen molar-refractivity contribution in [2.24, 2.45) is 0 Å². The van der Waals surface area contributed by atoms with Crippen LogP contribution >= 0.6 is 0 Å². The highest BCUT2D eigenvalue weighted by atomic mass is 19.4. The van der Waals surface area contributed by atoms with E-state index >= 15 is 0 Å². The Balaban J connectivity index is 3.01. The van der Waals surface area contributed by atoms with Gasteiger partial charge in [-0.05, 0) is 25.1 Å². The fourth-order valence-corrected chi connectivity index (χ4v) is 1.54. The van der Waals surface area contributed by atoms with Gasteiger partial charge in [0.25, 0.3) is 0 Å². The SMILES string of the molecule is COCC(C)Nc1ccc(C#N)c(C(F)(F)F)c1. The summed E-state index contributed by atoms with van der Waals surface area (Å²) in [5, 5.41) is 11.5. The van der Waals surface area contributed by atoms with E-state index in [1.54, 1.807) is 6.92 Å². The molecule has 18 heavy (non-hydrogen) atoms. The number of alkyl halides is 3. The third kappa shape index (κ3) is 3.64. The average molecular weight is 258 g/mol. The fraction of sp³-hybridized carbons (Fsp3) is 0.417. The molecule has 0 saturated heterocycles. The molecule has 0 saturated carbocycles. The van der Waals surface area contributed by atoms with E-state index in [4.69, 9.17) is 10.00 Å². The smallest absolute Gasteiger partial charge is 0.383 e. The normalized spacial score (nSPS) is 12.9. The van der Waals surface area contributed by atoms with Crippen molar-refractivity contribution in [3.63, 3.8) is 0 Å². The van der Waals surface area contributed by atoms with Crippen LogP contribution < -0.4 is 5.32 Å². The van der Waals surface area contributed by atoms with Gasteiger partial charge in [0.15, 0.2) is 0 Å². The third-order valence-corrected chi connectivity index (χ3v) is 2.28. The van der Waals surface area contributed by atoms with Crippen molar-refractivity contribution in [1.82, 2.24) is 0 Å². The second-order valence-corrected chi connectivity index (χ2v) is 3.87. The van der Waals surface area contributed by atoms with Crippen molar-refractivity contribution in [2.45, 2.75) is 19.1 Å². The Hall–Kier alpha value is -1.74. The predicted octanol–water partition coefficient (Wildman–Crippen LogP) is 3.02. The lowest BCUT2D eigenvalue weighted by Crippen LogP contribution is -2.21. The van der Waals surface area contributed by atoms with Crippen molar-refractivity contribution in [1.29, 1.82) is 5.26 Å². The quantitative estimate of drug-likeness (QED) is 0.902. The molecule has 1 aromatic rings. The van der Waals surface area contributed by atoms with Crippen molar-refractivity contribution in [3.05, 3.63) is 29.3 Å². The van der Waals surface area contributed by atoms with Gasteiger partial charge in [-0.15, -0.1) is 0 Å². The van der Waals surface area contributed by atoms with Gasteiger partial charge in [0.05, 0.1) is 23.8 Å². The Bertz CT molecular complexity index is 452. The van der Waals surface area contributed by atoms with Gasteiger partial charge in [0.1, 0.15) is 0 Å². The molecule has 1 aromatic carbocycles. The first kappa shape index (κ1) is 14.3. The zero-order valence-electron chi connectivity index (χ0n) is 10.0. The highest BCUT2D eigenvalue weighted by Crippen LogP contribution is 2.33. The maximum Gasteiger partial charge on any atom is 0.417 e. The van der Waals surface area contributed by atoms with E-state index in [9.17, 15) is 13.2 Å². The summed E-state index contributed by atoms with van der Waals surface area (Å²) in [6.45, 7) is 2.16. The molecule has 6 heteroatoms. The summed E-state index contributed by atoms with van der Waals surface area (Å²) < 4.78 is 43.0. The van der Waals surface area contributed by atoms with Gasteiger partial charge in [0, 0.05) is 18.8 Å². The zero-order chi connectivity index (χ0) is 13.8. The van der Waals surface area contributed by atoms with Crippen molar-refractivity contribution in [3.8, 4) is 6.07 Å². The summed E-state index contributed by atoms with van der Waals surface area (Å²) in [6.07, 6.45) is -4.53. The van der Waals surface area contributed by atoms with E-state index in [2.05, 4.69) is 5.32 Å². The highest BCUT2D eigenvalue weighted by Gasteiger charge is 2.33. The topological polar surface area (TPSA) is 45.0 Å². The minimum atomic E-state index is -4.53. The molecule has 0 aliphatic carbocycles. The van der Waals surface area contributed by atoms with Crippen LogP contribution in [0.3, 0.4) is 0 Å². The van der Waals surface area contributed by atoms with E-state index < -0.39 is 11.7 Å². The summed E-state index contributed by atoms with van der Waals surface area (Å²) in [5.41, 5.74) is -1.00. The zero-order valence-corrected chi connectivity index (χ0v) is 10.0. The number of ether oxygens (including phenoxy) is 1. The fourth-order valence-electron chi connectivity index (χ4n) is 1.54. The molecule has 0 spiro atoms. The van der Waals surface area contributed by atoms with Crippen LogP contribution in [0.1, 0.15) is 18.1 Å². The number of halogens is 3. The summed E-state index contributed by atoms with van der Waals surface area (Å²) >= 11 is 0. The van der Waals surface area contributed by atoms with E-state index in [0.717, 1.165) is 12.1 Å². The van der Waals surface area contributed by atoms with Crippen LogP contribution in [0.25, 0.3) is 0 Å². The second-order valence-electron chi connectivity index (χ2n) is 3.87. The third-order valence-electron chi connectivity index (χ3n) is 2.28. The Morgan fingerprint density at radius 1 is 1.44 bits per heavy atom. The number of hydrogen-bond donors (Lipinski definition) is 1. The summed E-state index contributed by atoms with van der Waals surface area (Å²) in [4.78, 5) is 0. The first-order chi connectivity index (χ1) is 8.38. The van der Waals surface area contributed by atoms with E-state index in [0.29, 0.717) is 12.3 Å². The molecular formula is C12H13F3N2O. The van der Waals surface area contributed by atoms with E-state index in [1.807, 2.05) is 0 Å². The van der Waals surface area contributed by atoms with Gasteiger partial charge < -0.3 is 10.1 Å². The second kappa shape index (κ2) is 5.74. The number of nitriles is 1. The van der Waals surface area contributed by atoms with Gasteiger partial charge in [0.2, 0.25) is 0 Å². The highest BCUT2D eigenvalue weighted by molar-refractivity contribution is 5.53. The molecule has 98 valence electrons. The monoisotopic (exact) mass is 258 g/mol. The molecule has 1 rings (SSSR count). The number of nitrogens with zero attached hydrogens (tertiary/aromatic N) is 1. The summed E-state index contributed by atoms with van der Waals surface area (Å²) in [6, 6.07) is 4.95. The molecule has 1 unspecified atom stereocenters. The molecule has 0 heterocycles. The molecule has 0 amide bonds. The van der Waals surface area contributed by atoms with Crippen LogP contribution in [-0.4, -0.2) is 19.8 Å². The van der Waals surface area contributed by atoms with E-state index in [-0.39, 0.29) is 11.6 Å². The first-order valence-electron chi connectivity index (χ1n) is 5.25. The Kier molecular flexibility index (Phi) is 4.56. The molecule has 0 aromatic heterocycles. The predicted molar refractivity (Wildman–Crippen MR) is 61.1 cm³/mol. The molecule has 0 aliphatic heterocycles. The molecular weight excluding hydrogens is 245 g/mol. The lowest BCUT2D eigenvalue weighted by molar-refractivity contribution is -0.137. The molecule has 1 N–H and O–H groups in total. The van der Waals surface area contributed by atoms with Crippen LogP contribution in [0, 0.1) is 11.3 Å². The lowest BCUT2D eigenvalue weighted by Gasteiger charge is -2.16. The summed E-state index contributed by atoms with van der Waals surface area (Å²) in [5.74, 6) is 0. The number of benzene rings is 1. The molecule has 0 fully saturated rings. The van der Waals surface area contributed by atoms with Crippen molar-refractivity contribution in [2.75, 3.05) is 19.0 Å². The maximum atomic E-state index is 12.7. The van der Waals surface area contributed by atoms with Crippen LogP contribution in [0.15, 0.2) is 18.2 Å². The lowest BCUT2D eigenvalue weighted by atomic mass is 10.1. The number of hydrogen-bond acceptors (Lipinski definition) is 3. The van der Waals surface area contributed by atoms with Crippen LogP contribution in [-0.2, 0) is 10.9 Å². The van der Waals surface area contributed by atoms with Gasteiger partial charge in [-0.2, -0.15) is 18.4 Å². The maximum absolute atomic E-state index is 12.7. The van der Waals surface area contributed by atoms with Gasteiger partial charge >= 0.3 is 6.18 Å². The van der Waals surface area contributed by atoms with Crippen LogP contribution in [0.2, 0.25) is 0 Å². The number of nitrogens with one attached hydrogen (secondary N) is 1. The summed E-state index contributed by atoms with van der Waals surface area (Å²) in [7, 11) is 1.51. The average Bonchev–Trinajstić information content (AvgIpc) is 2.28. The minimum Gasteiger partial charge on any atom is -0.383 e. The first-order valence-corrected chi connectivity index (χ1v) is 5.25. The van der Waals surface area contributed by atoms with Gasteiger partial charge in [-0.25, -0.2) is 0 Å². The standard InChI is InChI=1S/C12H13F3N2O/c1-8(7-18-2)17-10-4-3-9(6-16)11(5-10)12(13,14)15/h3-5,8,17H,7H2,1-2H3. The van der Waals surface area contributed by atoms with Gasteiger partial charge in [-0.3, -0.25) is 0 Å². The number of rotatable bonds is 4. The number of methoxy groups -OCH3 is 1. The molecule has 0 bridgehead atoms. The van der Waals surface area contributed by atoms with E-state index in [1.165, 1.54) is 19.2 Å². The minimum absolute atomic E-state index is 0.121. The van der Waals surface area contributed by atoms with Crippen molar-refractivity contribution >= 4 is 5.69 Å². The Morgan fingerprint density at radius 2 is 2.11 bits per heavy atom.